The van der Waals surface area contributed by atoms with Crippen LogP contribution in [0.1, 0.15) is 25.5 Å². The number of hydrogen-bond donors (Lipinski definition) is 1. The van der Waals surface area contributed by atoms with E-state index in [0.717, 1.165) is 22.1 Å². The first kappa shape index (κ1) is 13.4. The number of hydrogen-bond acceptors (Lipinski definition) is 3. The summed E-state index contributed by atoms with van der Waals surface area (Å²) in [5.74, 6) is 0.804. The van der Waals surface area contributed by atoms with Gasteiger partial charge in [-0.25, -0.2) is 0 Å². The second-order valence-electron chi connectivity index (χ2n) is 5.21. The third-order valence-corrected chi connectivity index (χ3v) is 3.36. The van der Waals surface area contributed by atoms with Crippen LogP contribution in [0.4, 0.5) is 0 Å². The molecule has 0 aliphatic carbocycles. The number of ether oxygens (including phenoxy) is 1. The lowest BCUT2D eigenvalue weighted by Crippen LogP contribution is -2.19. The third kappa shape index (κ3) is 2.54. The molecule has 0 aliphatic heterocycles. The van der Waals surface area contributed by atoms with Gasteiger partial charge in [0.2, 0.25) is 0 Å². The van der Waals surface area contributed by atoms with Gasteiger partial charge in [0.05, 0.1) is 24.7 Å². The lowest BCUT2D eigenvalue weighted by atomic mass is 9.83. The van der Waals surface area contributed by atoms with E-state index in [9.17, 15) is 5.11 Å². The molecule has 0 spiro atoms. The van der Waals surface area contributed by atoms with Crippen LogP contribution in [0.15, 0.2) is 36.4 Å². The van der Waals surface area contributed by atoms with Crippen LogP contribution in [0.5, 0.6) is 5.75 Å². The molecule has 0 bridgehead atoms. The van der Waals surface area contributed by atoms with Gasteiger partial charge in [-0.3, -0.25) is 0 Å². The number of rotatable bonds is 3. The predicted molar refractivity (Wildman–Crippen MR) is 74.9 cm³/mol. The first-order valence-electron chi connectivity index (χ1n) is 6.15. The summed E-state index contributed by atoms with van der Waals surface area (Å²) in [5.41, 5.74) is -0.0515. The molecule has 0 saturated heterocycles. The molecule has 0 heterocycles. The Labute approximate surface area is 113 Å². The Hall–Kier alpha value is -2.05. The monoisotopic (exact) mass is 255 g/mol. The van der Waals surface area contributed by atoms with E-state index >= 15 is 0 Å². The van der Waals surface area contributed by atoms with E-state index in [1.807, 2.05) is 36.4 Å². The van der Waals surface area contributed by atoms with E-state index in [1.54, 1.807) is 21.0 Å². The van der Waals surface area contributed by atoms with Gasteiger partial charge in [0.1, 0.15) is 5.75 Å². The number of methoxy groups -OCH3 is 1. The van der Waals surface area contributed by atoms with Gasteiger partial charge in [-0.1, -0.05) is 18.2 Å². The van der Waals surface area contributed by atoms with Crippen LogP contribution in [0.3, 0.4) is 0 Å². The van der Waals surface area contributed by atoms with Crippen LogP contribution >= 0.6 is 0 Å². The molecule has 0 saturated carbocycles. The van der Waals surface area contributed by atoms with Gasteiger partial charge in [-0.05, 0) is 48.4 Å². The van der Waals surface area contributed by atoms with Crippen LogP contribution in [-0.2, 0) is 0 Å². The van der Waals surface area contributed by atoms with Crippen molar-refractivity contribution < 1.29 is 9.84 Å². The summed E-state index contributed by atoms with van der Waals surface area (Å²) in [5, 5.41) is 21.4. The van der Waals surface area contributed by atoms with Gasteiger partial charge in [-0.15, -0.1) is 0 Å². The maximum atomic E-state index is 10.3. The fraction of sp³-hybridized carbons (Fsp3) is 0.312. The van der Waals surface area contributed by atoms with E-state index in [-0.39, 0.29) is 0 Å². The number of fused-ring (bicyclic) bond motifs is 1. The molecular formula is C16H17NO2. The Morgan fingerprint density at radius 2 is 1.79 bits per heavy atom. The highest BCUT2D eigenvalue weighted by molar-refractivity contribution is 5.84. The molecule has 2 rings (SSSR count). The zero-order chi connectivity index (χ0) is 14.0. The molecule has 1 atom stereocenters. The van der Waals surface area contributed by atoms with Crippen LogP contribution in [0.2, 0.25) is 0 Å². The lowest BCUT2D eigenvalue weighted by Gasteiger charge is -2.23. The largest absolute Gasteiger partial charge is 0.497 e. The molecule has 98 valence electrons. The number of aliphatic hydroxyl groups excluding tert-OH is 1. The van der Waals surface area contributed by atoms with Crippen molar-refractivity contribution in [3.8, 4) is 11.8 Å². The molecule has 0 aliphatic rings. The summed E-state index contributed by atoms with van der Waals surface area (Å²) in [7, 11) is 1.63. The first-order chi connectivity index (χ1) is 8.97. The van der Waals surface area contributed by atoms with Gasteiger partial charge in [-0.2, -0.15) is 5.26 Å². The van der Waals surface area contributed by atoms with Crippen molar-refractivity contribution in [3.05, 3.63) is 42.0 Å². The fourth-order valence-corrected chi connectivity index (χ4v) is 2.02. The molecule has 3 nitrogen and oxygen atoms in total. The summed E-state index contributed by atoms with van der Waals surface area (Å²) in [6.07, 6.45) is -0.802. The van der Waals surface area contributed by atoms with Crippen molar-refractivity contribution in [2.45, 2.75) is 20.0 Å². The summed E-state index contributed by atoms with van der Waals surface area (Å²) < 4.78 is 5.18. The minimum absolute atomic E-state index is 0.754. The number of nitrogens with zero attached hydrogens (tertiary/aromatic N) is 1. The molecule has 3 heteroatoms. The molecule has 19 heavy (non-hydrogen) atoms. The standard InChI is InChI=1S/C16H17NO2/c1-16(2,10-17)15(18)13-5-4-12-9-14(19-3)7-6-11(12)8-13/h4-9,15,18H,1-3H3. The third-order valence-electron chi connectivity index (χ3n) is 3.36. The quantitative estimate of drug-likeness (QED) is 0.914. The van der Waals surface area contributed by atoms with Gasteiger partial charge < -0.3 is 9.84 Å². The maximum absolute atomic E-state index is 10.3. The molecule has 1 unspecified atom stereocenters. The molecule has 2 aromatic carbocycles. The summed E-state index contributed by atoms with van der Waals surface area (Å²) in [4.78, 5) is 0. The average Bonchev–Trinajstić information content (AvgIpc) is 2.45. The SMILES string of the molecule is COc1ccc2cc(C(O)C(C)(C)C#N)ccc2c1. The molecule has 0 aromatic heterocycles. The van der Waals surface area contributed by atoms with Crippen molar-refractivity contribution in [1.29, 1.82) is 5.26 Å². The van der Waals surface area contributed by atoms with E-state index < -0.39 is 11.5 Å². The second kappa shape index (κ2) is 4.91. The van der Waals surface area contributed by atoms with Crippen molar-refractivity contribution >= 4 is 10.8 Å². The first-order valence-corrected chi connectivity index (χ1v) is 6.15. The molecule has 1 N–H and O–H groups in total. The minimum atomic E-state index is -0.805. The molecule has 0 radical (unpaired) electrons. The highest BCUT2D eigenvalue weighted by Gasteiger charge is 2.28. The zero-order valence-corrected chi connectivity index (χ0v) is 11.3. The maximum Gasteiger partial charge on any atom is 0.119 e. The predicted octanol–water partition coefficient (Wildman–Crippen LogP) is 3.43. The summed E-state index contributed by atoms with van der Waals surface area (Å²) in [6.45, 7) is 3.46. The van der Waals surface area contributed by atoms with Crippen molar-refractivity contribution in [1.82, 2.24) is 0 Å². The smallest absolute Gasteiger partial charge is 0.119 e. The van der Waals surface area contributed by atoms with E-state index in [4.69, 9.17) is 10.00 Å². The second-order valence-corrected chi connectivity index (χ2v) is 5.21. The van der Waals surface area contributed by atoms with Gasteiger partial charge in [0.15, 0.2) is 0 Å². The number of nitriles is 1. The number of aliphatic hydroxyl groups is 1. The Morgan fingerprint density at radius 1 is 1.16 bits per heavy atom. The molecular weight excluding hydrogens is 238 g/mol. The van der Waals surface area contributed by atoms with Crippen molar-refractivity contribution in [2.24, 2.45) is 5.41 Å². The molecule has 0 fully saturated rings. The summed E-state index contributed by atoms with van der Waals surface area (Å²) >= 11 is 0. The lowest BCUT2D eigenvalue weighted by molar-refractivity contribution is 0.0869. The summed E-state index contributed by atoms with van der Waals surface area (Å²) in [6, 6.07) is 13.6. The molecule has 2 aromatic rings. The Kier molecular flexibility index (Phi) is 3.46. The van der Waals surface area contributed by atoms with E-state index in [1.165, 1.54) is 0 Å². The van der Waals surface area contributed by atoms with E-state index in [2.05, 4.69) is 6.07 Å². The van der Waals surface area contributed by atoms with Gasteiger partial charge in [0, 0.05) is 0 Å². The zero-order valence-electron chi connectivity index (χ0n) is 11.3. The minimum Gasteiger partial charge on any atom is -0.497 e. The number of benzene rings is 2. The Balaban J connectivity index is 2.46. The average molecular weight is 255 g/mol. The fourth-order valence-electron chi connectivity index (χ4n) is 2.02. The highest BCUT2D eigenvalue weighted by atomic mass is 16.5. The van der Waals surface area contributed by atoms with Crippen molar-refractivity contribution in [2.75, 3.05) is 7.11 Å². The van der Waals surface area contributed by atoms with E-state index in [0.29, 0.717) is 0 Å². The van der Waals surface area contributed by atoms with Crippen molar-refractivity contribution in [3.63, 3.8) is 0 Å². The van der Waals surface area contributed by atoms with Crippen LogP contribution < -0.4 is 4.74 Å². The van der Waals surface area contributed by atoms with Crippen LogP contribution in [0, 0.1) is 16.7 Å². The highest BCUT2D eigenvalue weighted by Crippen LogP contribution is 2.34. The normalized spacial score (nSPS) is 13.0. The van der Waals surface area contributed by atoms with Crippen LogP contribution in [-0.4, -0.2) is 12.2 Å². The van der Waals surface area contributed by atoms with Gasteiger partial charge in [0.25, 0.3) is 0 Å². The Morgan fingerprint density at radius 3 is 2.42 bits per heavy atom. The topological polar surface area (TPSA) is 53.2 Å². The van der Waals surface area contributed by atoms with Crippen LogP contribution in [0.25, 0.3) is 10.8 Å². The molecule has 0 amide bonds. The Bertz CT molecular complexity index is 641. The van der Waals surface area contributed by atoms with Gasteiger partial charge >= 0.3 is 0 Å².